The molecule has 1 aliphatic rings. The predicted molar refractivity (Wildman–Crippen MR) is 122 cm³/mol. The van der Waals surface area contributed by atoms with Crippen LogP contribution in [0, 0.1) is 0 Å². The van der Waals surface area contributed by atoms with Crippen LogP contribution in [0.3, 0.4) is 0 Å². The molecule has 0 bridgehead atoms. The lowest BCUT2D eigenvalue weighted by molar-refractivity contribution is 0.102. The Hall–Kier alpha value is -2.56. The van der Waals surface area contributed by atoms with Gasteiger partial charge in [0.2, 0.25) is 10.0 Å². The molecule has 168 valence electrons. The molecule has 2 aromatic carbocycles. The molecule has 2 heterocycles. The van der Waals surface area contributed by atoms with Crippen LogP contribution < -0.4 is 9.04 Å². The van der Waals surface area contributed by atoms with Crippen molar-refractivity contribution in [3.05, 3.63) is 64.5 Å². The van der Waals surface area contributed by atoms with Crippen LogP contribution >= 0.6 is 23.4 Å². The Labute approximate surface area is 195 Å². The molecule has 8 nitrogen and oxygen atoms in total. The molecular weight excluding hydrogens is 474 g/mol. The van der Waals surface area contributed by atoms with Crippen molar-refractivity contribution in [1.29, 1.82) is 0 Å². The Bertz CT molecular complexity index is 1250. The molecule has 0 fully saturated rings. The summed E-state index contributed by atoms with van der Waals surface area (Å²) in [6.07, 6.45) is 2.64. The third-order valence-electron chi connectivity index (χ3n) is 4.84. The third-order valence-corrected chi connectivity index (χ3v) is 7.15. The number of aryl methyl sites for hydroxylation is 1. The molecular formula is C21H20ClN3O5S2. The van der Waals surface area contributed by atoms with Crippen LogP contribution in [0.1, 0.15) is 28.2 Å². The van der Waals surface area contributed by atoms with E-state index in [1.807, 2.05) is 0 Å². The number of para-hydroxylation sites is 1. The normalized spacial score (nSPS) is 13.6. The number of hydrogen-bond acceptors (Lipinski definition) is 8. The van der Waals surface area contributed by atoms with E-state index in [4.69, 9.17) is 20.8 Å². The molecule has 4 rings (SSSR count). The van der Waals surface area contributed by atoms with Gasteiger partial charge in [0.1, 0.15) is 5.75 Å². The summed E-state index contributed by atoms with van der Waals surface area (Å²) in [4.78, 5) is 12.7. The number of benzene rings is 2. The van der Waals surface area contributed by atoms with E-state index in [1.54, 1.807) is 42.5 Å². The SMILES string of the molecule is CS(=O)(=O)N1CCCc2cc(C(=O)CSc3nnc(COc4ccccc4Cl)o3)ccc21. The molecule has 0 atom stereocenters. The van der Waals surface area contributed by atoms with Crippen LogP contribution in [0.5, 0.6) is 5.75 Å². The first-order valence-corrected chi connectivity index (χ1v) is 13.0. The van der Waals surface area contributed by atoms with E-state index in [0.717, 1.165) is 23.7 Å². The van der Waals surface area contributed by atoms with E-state index >= 15 is 0 Å². The van der Waals surface area contributed by atoms with Crippen molar-refractivity contribution in [2.24, 2.45) is 0 Å². The minimum Gasteiger partial charge on any atom is -0.482 e. The van der Waals surface area contributed by atoms with Crippen LogP contribution in [-0.2, 0) is 23.1 Å². The molecule has 0 unspecified atom stereocenters. The van der Waals surface area contributed by atoms with Crippen LogP contribution in [0.15, 0.2) is 52.1 Å². The van der Waals surface area contributed by atoms with Crippen molar-refractivity contribution in [3.63, 3.8) is 0 Å². The largest absolute Gasteiger partial charge is 0.482 e. The van der Waals surface area contributed by atoms with Crippen molar-refractivity contribution in [2.75, 3.05) is 22.9 Å². The number of anilines is 1. The number of Topliss-reactive ketones (excluding diaryl/α,β-unsaturated/α-hetero) is 1. The number of carbonyl (C=O) groups excluding carboxylic acids is 1. The Morgan fingerprint density at radius 1 is 1.25 bits per heavy atom. The second kappa shape index (κ2) is 9.51. The molecule has 3 aromatic rings. The van der Waals surface area contributed by atoms with Crippen molar-refractivity contribution < 1.29 is 22.4 Å². The summed E-state index contributed by atoms with van der Waals surface area (Å²) < 4.78 is 36.5. The number of sulfonamides is 1. The number of nitrogens with zero attached hydrogens (tertiary/aromatic N) is 3. The number of ketones is 1. The standard InChI is InChI=1S/C21H20ClN3O5S2/c1-32(27,28)25-10-4-5-14-11-15(8-9-17(14)25)18(26)13-31-21-24-23-20(30-21)12-29-19-7-3-2-6-16(19)22/h2-3,6-9,11H,4-5,10,12-13H2,1H3. The highest BCUT2D eigenvalue weighted by Crippen LogP contribution is 2.30. The predicted octanol–water partition coefficient (Wildman–Crippen LogP) is 3.99. The van der Waals surface area contributed by atoms with Crippen molar-refractivity contribution in [1.82, 2.24) is 10.2 Å². The van der Waals surface area contributed by atoms with E-state index in [0.29, 0.717) is 35.0 Å². The second-order valence-corrected chi connectivity index (χ2v) is 10.4. The molecule has 0 saturated carbocycles. The zero-order chi connectivity index (χ0) is 22.7. The number of fused-ring (bicyclic) bond motifs is 1. The minimum atomic E-state index is -3.34. The first-order chi connectivity index (χ1) is 15.3. The highest BCUT2D eigenvalue weighted by atomic mass is 35.5. The van der Waals surface area contributed by atoms with Crippen molar-refractivity contribution in [2.45, 2.75) is 24.7 Å². The maximum Gasteiger partial charge on any atom is 0.277 e. The average Bonchev–Trinajstić information content (AvgIpc) is 3.23. The van der Waals surface area contributed by atoms with E-state index < -0.39 is 10.0 Å². The van der Waals surface area contributed by atoms with Gasteiger partial charge in [-0.05, 0) is 48.7 Å². The zero-order valence-electron chi connectivity index (χ0n) is 17.2. The van der Waals surface area contributed by atoms with Gasteiger partial charge in [-0.1, -0.05) is 35.5 Å². The van der Waals surface area contributed by atoms with Gasteiger partial charge in [0.25, 0.3) is 11.1 Å². The highest BCUT2D eigenvalue weighted by Gasteiger charge is 2.24. The number of hydrogen-bond donors (Lipinski definition) is 0. The van der Waals surface area contributed by atoms with Gasteiger partial charge in [-0.25, -0.2) is 8.42 Å². The summed E-state index contributed by atoms with van der Waals surface area (Å²) in [6.45, 7) is 0.515. The summed E-state index contributed by atoms with van der Waals surface area (Å²) in [5, 5.41) is 8.60. The Balaban J connectivity index is 1.36. The van der Waals surface area contributed by atoms with Gasteiger partial charge in [-0.15, -0.1) is 10.2 Å². The summed E-state index contributed by atoms with van der Waals surface area (Å²) in [6, 6.07) is 12.2. The number of aromatic nitrogens is 2. The van der Waals surface area contributed by atoms with E-state index in [1.165, 1.54) is 10.6 Å². The summed E-state index contributed by atoms with van der Waals surface area (Å²) in [5.74, 6) is 0.788. The maximum absolute atomic E-state index is 12.7. The van der Waals surface area contributed by atoms with E-state index in [9.17, 15) is 13.2 Å². The zero-order valence-corrected chi connectivity index (χ0v) is 19.5. The molecule has 0 saturated heterocycles. The monoisotopic (exact) mass is 493 g/mol. The molecule has 11 heteroatoms. The number of thioether (sulfide) groups is 1. The number of rotatable bonds is 8. The fraction of sp³-hybridized carbons (Fsp3) is 0.286. The lowest BCUT2D eigenvalue weighted by Gasteiger charge is -2.29. The third kappa shape index (κ3) is 5.25. The number of halogens is 1. The Morgan fingerprint density at radius 3 is 2.84 bits per heavy atom. The Kier molecular flexibility index (Phi) is 6.73. The molecule has 32 heavy (non-hydrogen) atoms. The van der Waals surface area contributed by atoms with Gasteiger partial charge in [-0.2, -0.15) is 0 Å². The van der Waals surface area contributed by atoms with Crippen molar-refractivity contribution in [3.8, 4) is 5.75 Å². The first kappa shape index (κ1) is 22.6. The first-order valence-electron chi connectivity index (χ1n) is 9.77. The van der Waals surface area contributed by atoms with E-state index in [2.05, 4.69) is 10.2 Å². The van der Waals surface area contributed by atoms with Crippen molar-refractivity contribution >= 4 is 44.9 Å². The quantitative estimate of drug-likeness (QED) is 0.343. The number of carbonyl (C=O) groups is 1. The lowest BCUT2D eigenvalue weighted by Crippen LogP contribution is -2.34. The Morgan fingerprint density at radius 2 is 2.06 bits per heavy atom. The molecule has 1 aliphatic heterocycles. The fourth-order valence-corrected chi connectivity index (χ4v) is 5.21. The summed E-state index contributed by atoms with van der Waals surface area (Å²) in [7, 11) is -3.34. The van der Waals surface area contributed by atoms with Gasteiger partial charge >= 0.3 is 0 Å². The van der Waals surface area contributed by atoms with E-state index in [-0.39, 0.29) is 29.3 Å². The average molecular weight is 494 g/mol. The molecule has 0 radical (unpaired) electrons. The van der Waals surface area contributed by atoms with Gasteiger partial charge in [0.15, 0.2) is 12.4 Å². The van der Waals surface area contributed by atoms with Crippen LogP contribution in [0.4, 0.5) is 5.69 Å². The second-order valence-electron chi connectivity index (χ2n) is 7.17. The summed E-state index contributed by atoms with van der Waals surface area (Å²) >= 11 is 7.18. The molecule has 1 aromatic heterocycles. The molecule has 0 N–H and O–H groups in total. The van der Waals surface area contributed by atoms with Crippen LogP contribution in [-0.4, -0.2) is 43.0 Å². The maximum atomic E-state index is 12.7. The summed E-state index contributed by atoms with van der Waals surface area (Å²) in [5.41, 5.74) is 2.02. The fourth-order valence-electron chi connectivity index (χ4n) is 3.35. The van der Waals surface area contributed by atoms with Gasteiger partial charge in [-0.3, -0.25) is 9.10 Å². The minimum absolute atomic E-state index is 0.0624. The number of ether oxygens (including phenoxy) is 1. The molecule has 0 amide bonds. The lowest BCUT2D eigenvalue weighted by atomic mass is 9.99. The van der Waals surface area contributed by atoms with Gasteiger partial charge < -0.3 is 9.15 Å². The molecule has 0 spiro atoms. The smallest absolute Gasteiger partial charge is 0.277 e. The highest BCUT2D eigenvalue weighted by molar-refractivity contribution is 7.99. The van der Waals surface area contributed by atoms with Crippen LogP contribution in [0.2, 0.25) is 5.02 Å². The topological polar surface area (TPSA) is 103 Å². The van der Waals surface area contributed by atoms with Crippen LogP contribution in [0.25, 0.3) is 0 Å². The van der Waals surface area contributed by atoms with Gasteiger partial charge in [0.05, 0.1) is 22.7 Å². The van der Waals surface area contributed by atoms with Gasteiger partial charge in [0, 0.05) is 12.1 Å². The molecule has 0 aliphatic carbocycles.